The van der Waals surface area contributed by atoms with Gasteiger partial charge in [0.1, 0.15) is 0 Å². The molecule has 0 bridgehead atoms. The largest absolute Gasteiger partial charge is 0.357 e. The van der Waals surface area contributed by atoms with E-state index in [0.717, 1.165) is 5.56 Å². The Morgan fingerprint density at radius 1 is 1.62 bits per heavy atom. The molecule has 1 aromatic rings. The van der Waals surface area contributed by atoms with Gasteiger partial charge in [-0.15, -0.1) is 0 Å². The van der Waals surface area contributed by atoms with Crippen LogP contribution in [0, 0.1) is 0 Å². The van der Waals surface area contributed by atoms with Gasteiger partial charge in [0.2, 0.25) is 0 Å². The van der Waals surface area contributed by atoms with Crippen LogP contribution < -0.4 is 5.32 Å². The molecule has 72 valence electrons. The van der Waals surface area contributed by atoms with Crippen molar-refractivity contribution in [3.63, 3.8) is 0 Å². The number of nitrogens with one attached hydrogen (secondary N) is 1. The summed E-state index contributed by atoms with van der Waals surface area (Å²) in [5, 5.41) is 2.79. The number of amides is 2. The Balaban J connectivity index is 2.39. The zero-order valence-electron chi connectivity index (χ0n) is 8.24. The van der Waals surface area contributed by atoms with Crippen LogP contribution in [0.1, 0.15) is 5.56 Å². The number of rotatable bonds is 2. The number of hydrogen-bond donors (Lipinski definition) is 1. The fourth-order valence-electron chi connectivity index (χ4n) is 1.00. The molecular weight excluding hydrogens is 166 g/mol. The van der Waals surface area contributed by atoms with Crippen molar-refractivity contribution >= 4 is 6.03 Å². The maximum absolute atomic E-state index is 11.1. The van der Waals surface area contributed by atoms with Crippen LogP contribution in [-0.2, 0) is 13.6 Å². The van der Waals surface area contributed by atoms with E-state index in [2.05, 4.69) is 5.32 Å². The smallest absolute Gasteiger partial charge is 0.317 e. The highest BCUT2D eigenvalue weighted by Gasteiger charge is 2.02. The van der Waals surface area contributed by atoms with E-state index in [4.69, 9.17) is 0 Å². The van der Waals surface area contributed by atoms with Crippen LogP contribution in [0.15, 0.2) is 18.5 Å². The monoisotopic (exact) mass is 181 g/mol. The Bertz CT molecular complexity index is 291. The van der Waals surface area contributed by atoms with Crippen LogP contribution in [-0.4, -0.2) is 29.6 Å². The van der Waals surface area contributed by atoms with Crippen molar-refractivity contribution in [3.05, 3.63) is 24.0 Å². The van der Waals surface area contributed by atoms with Gasteiger partial charge in [-0.05, 0) is 11.6 Å². The first-order chi connectivity index (χ1) is 6.09. The van der Waals surface area contributed by atoms with Crippen molar-refractivity contribution in [2.75, 3.05) is 14.1 Å². The van der Waals surface area contributed by atoms with Gasteiger partial charge in [-0.2, -0.15) is 0 Å². The van der Waals surface area contributed by atoms with E-state index in [-0.39, 0.29) is 6.03 Å². The van der Waals surface area contributed by atoms with Crippen LogP contribution in [0.2, 0.25) is 0 Å². The summed E-state index contributed by atoms with van der Waals surface area (Å²) in [5.74, 6) is 0. The molecule has 0 fully saturated rings. The first-order valence-electron chi connectivity index (χ1n) is 4.15. The molecule has 0 radical (unpaired) electrons. The lowest BCUT2D eigenvalue weighted by Gasteiger charge is -2.10. The molecule has 13 heavy (non-hydrogen) atoms. The Hall–Kier alpha value is -1.45. The minimum atomic E-state index is -0.0659. The van der Waals surface area contributed by atoms with Crippen LogP contribution in [0.4, 0.5) is 4.79 Å². The SMILES string of the molecule is CN(C)C(=O)NCc1ccn(C)c1. The third-order valence-electron chi connectivity index (χ3n) is 1.74. The highest BCUT2D eigenvalue weighted by atomic mass is 16.2. The predicted octanol–water partition coefficient (Wildman–Crippen LogP) is 0.796. The van der Waals surface area contributed by atoms with E-state index < -0.39 is 0 Å². The number of aryl methyl sites for hydroxylation is 1. The number of hydrogen-bond acceptors (Lipinski definition) is 1. The van der Waals surface area contributed by atoms with Gasteiger partial charge in [0.25, 0.3) is 0 Å². The second kappa shape index (κ2) is 3.98. The molecule has 2 amide bonds. The Kier molecular flexibility index (Phi) is 2.95. The Morgan fingerprint density at radius 2 is 2.31 bits per heavy atom. The minimum absolute atomic E-state index is 0.0659. The van der Waals surface area contributed by atoms with Gasteiger partial charge in [0.05, 0.1) is 0 Å². The molecule has 4 heteroatoms. The number of nitrogens with zero attached hydrogens (tertiary/aromatic N) is 2. The third kappa shape index (κ3) is 2.82. The second-order valence-corrected chi connectivity index (χ2v) is 3.24. The lowest BCUT2D eigenvalue weighted by atomic mass is 10.3. The number of aromatic nitrogens is 1. The molecule has 4 nitrogen and oxygen atoms in total. The quantitative estimate of drug-likeness (QED) is 0.719. The Labute approximate surface area is 78.1 Å². The van der Waals surface area contributed by atoms with Gasteiger partial charge in [0, 0.05) is 40.1 Å². The van der Waals surface area contributed by atoms with E-state index in [1.807, 2.05) is 30.1 Å². The lowest BCUT2D eigenvalue weighted by molar-refractivity contribution is 0.217. The maximum Gasteiger partial charge on any atom is 0.317 e. The number of urea groups is 1. The van der Waals surface area contributed by atoms with Crippen LogP contribution in [0.3, 0.4) is 0 Å². The standard InChI is InChI=1S/C9H15N3O/c1-11(2)9(13)10-6-8-4-5-12(3)7-8/h4-5,7H,6H2,1-3H3,(H,10,13). The highest BCUT2D eigenvalue weighted by molar-refractivity contribution is 5.73. The van der Waals surface area contributed by atoms with Crippen LogP contribution >= 0.6 is 0 Å². The van der Waals surface area contributed by atoms with E-state index >= 15 is 0 Å². The van der Waals surface area contributed by atoms with Gasteiger partial charge < -0.3 is 14.8 Å². The molecule has 0 aromatic carbocycles. The van der Waals surface area contributed by atoms with Crippen molar-refractivity contribution in [2.24, 2.45) is 7.05 Å². The molecule has 1 rings (SSSR count). The summed E-state index contributed by atoms with van der Waals surface area (Å²) in [6.07, 6.45) is 3.94. The zero-order valence-corrected chi connectivity index (χ0v) is 8.24. The van der Waals surface area contributed by atoms with Gasteiger partial charge >= 0.3 is 6.03 Å². The van der Waals surface area contributed by atoms with E-state index in [0.29, 0.717) is 6.54 Å². The van der Waals surface area contributed by atoms with Crippen molar-refractivity contribution in [1.29, 1.82) is 0 Å². The molecule has 1 aromatic heterocycles. The van der Waals surface area contributed by atoms with Crippen LogP contribution in [0.25, 0.3) is 0 Å². The second-order valence-electron chi connectivity index (χ2n) is 3.24. The maximum atomic E-state index is 11.1. The summed E-state index contributed by atoms with van der Waals surface area (Å²) in [6, 6.07) is 1.92. The predicted molar refractivity (Wildman–Crippen MR) is 51.3 cm³/mol. The molecular formula is C9H15N3O. The average molecular weight is 181 g/mol. The van der Waals surface area contributed by atoms with Gasteiger partial charge in [-0.1, -0.05) is 0 Å². The van der Waals surface area contributed by atoms with E-state index in [1.165, 1.54) is 4.90 Å². The van der Waals surface area contributed by atoms with Crippen molar-refractivity contribution in [3.8, 4) is 0 Å². The van der Waals surface area contributed by atoms with E-state index in [1.54, 1.807) is 14.1 Å². The molecule has 0 saturated heterocycles. The molecule has 0 saturated carbocycles. The fraction of sp³-hybridized carbons (Fsp3) is 0.444. The summed E-state index contributed by atoms with van der Waals surface area (Å²) in [6.45, 7) is 0.581. The lowest BCUT2D eigenvalue weighted by Crippen LogP contribution is -2.33. The summed E-state index contributed by atoms with van der Waals surface area (Å²) >= 11 is 0. The summed E-state index contributed by atoms with van der Waals surface area (Å²) < 4.78 is 1.96. The summed E-state index contributed by atoms with van der Waals surface area (Å²) in [4.78, 5) is 12.6. The molecule has 1 heterocycles. The summed E-state index contributed by atoms with van der Waals surface area (Å²) in [7, 11) is 5.40. The molecule has 0 spiro atoms. The first kappa shape index (κ1) is 9.64. The van der Waals surface area contributed by atoms with Crippen LogP contribution in [0.5, 0.6) is 0 Å². The molecule has 0 unspecified atom stereocenters. The highest BCUT2D eigenvalue weighted by Crippen LogP contribution is 1.98. The first-order valence-corrected chi connectivity index (χ1v) is 4.15. The van der Waals surface area contributed by atoms with Crippen molar-refractivity contribution in [2.45, 2.75) is 6.54 Å². The van der Waals surface area contributed by atoms with Crippen molar-refractivity contribution < 1.29 is 4.79 Å². The molecule has 1 N–H and O–H groups in total. The average Bonchev–Trinajstić information content (AvgIpc) is 2.47. The van der Waals surface area contributed by atoms with Crippen molar-refractivity contribution in [1.82, 2.24) is 14.8 Å². The van der Waals surface area contributed by atoms with Gasteiger partial charge in [0.15, 0.2) is 0 Å². The Morgan fingerprint density at radius 3 is 2.77 bits per heavy atom. The normalized spacial score (nSPS) is 9.77. The number of carbonyl (C=O) groups excluding carboxylic acids is 1. The van der Waals surface area contributed by atoms with Gasteiger partial charge in [-0.25, -0.2) is 4.79 Å². The van der Waals surface area contributed by atoms with E-state index in [9.17, 15) is 4.79 Å². The third-order valence-corrected chi connectivity index (χ3v) is 1.74. The zero-order chi connectivity index (χ0) is 9.84. The topological polar surface area (TPSA) is 37.3 Å². The number of carbonyl (C=O) groups is 1. The molecule has 0 aliphatic rings. The molecule has 0 aliphatic heterocycles. The molecule has 0 atom stereocenters. The summed E-state index contributed by atoms with van der Waals surface area (Å²) in [5.41, 5.74) is 1.11. The fourth-order valence-corrected chi connectivity index (χ4v) is 1.00. The molecule has 0 aliphatic carbocycles. The minimum Gasteiger partial charge on any atom is -0.357 e. The van der Waals surface area contributed by atoms with Gasteiger partial charge in [-0.3, -0.25) is 0 Å².